The first kappa shape index (κ1) is 12.7. The average molecular weight is 244 g/mol. The normalized spacial score (nSPS) is 10.6. The average Bonchev–Trinajstić information content (AvgIpc) is 2.39. The van der Waals surface area contributed by atoms with Gasteiger partial charge in [0.05, 0.1) is 5.69 Å². The number of hydrogen-bond donors (Lipinski definition) is 1. The molecule has 1 N–H and O–H groups in total. The first-order chi connectivity index (χ1) is 8.75. The van der Waals surface area contributed by atoms with Gasteiger partial charge in [0.15, 0.2) is 0 Å². The molecule has 1 aromatic heterocycles. The number of halogens is 1. The van der Waals surface area contributed by atoms with E-state index in [1.165, 1.54) is 17.7 Å². The Hall–Kier alpha value is -1.74. The molecule has 1 heterocycles. The predicted molar refractivity (Wildman–Crippen MR) is 70.8 cm³/mol. The van der Waals surface area contributed by atoms with Gasteiger partial charge in [-0.2, -0.15) is 0 Å². The number of nitrogens with one attached hydrogen (secondary N) is 1. The highest BCUT2D eigenvalue weighted by Crippen LogP contribution is 2.04. The highest BCUT2D eigenvalue weighted by atomic mass is 19.1. The molecule has 3 heteroatoms. The Morgan fingerprint density at radius 3 is 2.67 bits per heavy atom. The van der Waals surface area contributed by atoms with E-state index >= 15 is 0 Å². The second-order valence-electron chi connectivity index (χ2n) is 4.32. The van der Waals surface area contributed by atoms with Crippen LogP contribution >= 0.6 is 0 Å². The maximum atomic E-state index is 12.7. The fraction of sp³-hybridized carbons (Fsp3) is 0.267. The molecule has 0 radical (unpaired) electrons. The van der Waals surface area contributed by atoms with Crippen molar-refractivity contribution in [2.75, 3.05) is 6.54 Å². The zero-order valence-electron chi connectivity index (χ0n) is 10.5. The number of nitrogens with zero attached hydrogens (tertiary/aromatic N) is 1. The van der Waals surface area contributed by atoms with Gasteiger partial charge < -0.3 is 5.32 Å². The lowest BCUT2D eigenvalue weighted by Gasteiger charge is -2.06. The summed E-state index contributed by atoms with van der Waals surface area (Å²) in [5, 5.41) is 3.35. The van der Waals surface area contributed by atoms with Gasteiger partial charge in [-0.15, -0.1) is 0 Å². The van der Waals surface area contributed by atoms with E-state index in [1.54, 1.807) is 0 Å². The molecule has 0 atom stereocenters. The summed E-state index contributed by atoms with van der Waals surface area (Å²) < 4.78 is 12.7. The maximum Gasteiger partial charge on any atom is 0.123 e. The van der Waals surface area contributed by atoms with E-state index in [0.717, 1.165) is 30.8 Å². The molecule has 2 nitrogen and oxygen atoms in total. The van der Waals surface area contributed by atoms with Gasteiger partial charge in [0.2, 0.25) is 0 Å². The Bertz CT molecular complexity index is 494. The van der Waals surface area contributed by atoms with Crippen molar-refractivity contribution in [3.8, 4) is 0 Å². The molecule has 0 aliphatic rings. The van der Waals surface area contributed by atoms with Crippen molar-refractivity contribution >= 4 is 0 Å². The van der Waals surface area contributed by atoms with Crippen LogP contribution in [0.25, 0.3) is 0 Å². The summed E-state index contributed by atoms with van der Waals surface area (Å²) in [6, 6.07) is 10.6. The second kappa shape index (κ2) is 6.26. The molecule has 0 bridgehead atoms. The lowest BCUT2D eigenvalue weighted by atomic mass is 10.1. The molecule has 0 unspecified atom stereocenters. The third kappa shape index (κ3) is 3.64. The number of pyridine rings is 1. The minimum atomic E-state index is -0.184. The molecule has 0 aliphatic heterocycles. The highest BCUT2D eigenvalue weighted by molar-refractivity contribution is 5.18. The van der Waals surface area contributed by atoms with Crippen molar-refractivity contribution in [3.05, 3.63) is 65.2 Å². The molecular formula is C15H17FN2. The van der Waals surface area contributed by atoms with Gasteiger partial charge in [0, 0.05) is 12.7 Å². The number of aromatic nitrogens is 1. The fourth-order valence-electron chi connectivity index (χ4n) is 1.79. The Morgan fingerprint density at radius 2 is 1.94 bits per heavy atom. The Kier molecular flexibility index (Phi) is 4.42. The van der Waals surface area contributed by atoms with Crippen LogP contribution in [-0.4, -0.2) is 11.5 Å². The summed E-state index contributed by atoms with van der Waals surface area (Å²) in [5.74, 6) is -0.184. The number of benzene rings is 1. The molecule has 1 aromatic carbocycles. The Labute approximate surface area is 107 Å². The minimum absolute atomic E-state index is 0.184. The monoisotopic (exact) mass is 244 g/mol. The van der Waals surface area contributed by atoms with Gasteiger partial charge in [-0.3, -0.25) is 4.98 Å². The van der Waals surface area contributed by atoms with E-state index in [9.17, 15) is 4.39 Å². The standard InChI is InChI=1S/C15H17FN2/c1-12-3-2-9-18-15(12)11-17-10-8-13-4-6-14(16)7-5-13/h2-7,9,17H,8,10-11H2,1H3. The van der Waals surface area contributed by atoms with Crippen LogP contribution in [0.5, 0.6) is 0 Å². The van der Waals surface area contributed by atoms with Gasteiger partial charge in [-0.25, -0.2) is 4.39 Å². The zero-order chi connectivity index (χ0) is 12.8. The van der Waals surface area contributed by atoms with Crippen LogP contribution in [0.4, 0.5) is 4.39 Å². The molecular weight excluding hydrogens is 227 g/mol. The molecule has 0 saturated carbocycles. The van der Waals surface area contributed by atoms with Crippen molar-refractivity contribution in [2.45, 2.75) is 19.9 Å². The quantitative estimate of drug-likeness (QED) is 0.818. The van der Waals surface area contributed by atoms with Gasteiger partial charge in [-0.1, -0.05) is 18.2 Å². The fourth-order valence-corrected chi connectivity index (χ4v) is 1.79. The summed E-state index contributed by atoms with van der Waals surface area (Å²) in [6.45, 7) is 3.69. The van der Waals surface area contributed by atoms with E-state index in [-0.39, 0.29) is 5.82 Å². The third-order valence-electron chi connectivity index (χ3n) is 2.91. The number of rotatable bonds is 5. The van der Waals surface area contributed by atoms with Crippen LogP contribution in [0, 0.1) is 12.7 Å². The van der Waals surface area contributed by atoms with Crippen molar-refractivity contribution < 1.29 is 4.39 Å². The smallest absolute Gasteiger partial charge is 0.123 e. The summed E-state index contributed by atoms with van der Waals surface area (Å²) in [6.07, 6.45) is 2.70. The van der Waals surface area contributed by atoms with Crippen LogP contribution in [0.1, 0.15) is 16.8 Å². The third-order valence-corrected chi connectivity index (χ3v) is 2.91. The van der Waals surface area contributed by atoms with Gasteiger partial charge in [-0.05, 0) is 49.2 Å². The van der Waals surface area contributed by atoms with E-state index in [2.05, 4.69) is 23.3 Å². The molecule has 94 valence electrons. The van der Waals surface area contributed by atoms with E-state index < -0.39 is 0 Å². The molecule has 0 fully saturated rings. The summed E-state index contributed by atoms with van der Waals surface area (Å²) >= 11 is 0. The largest absolute Gasteiger partial charge is 0.311 e. The Balaban J connectivity index is 1.76. The highest BCUT2D eigenvalue weighted by Gasteiger charge is 1.98. The SMILES string of the molecule is Cc1cccnc1CNCCc1ccc(F)cc1. The Morgan fingerprint density at radius 1 is 1.17 bits per heavy atom. The minimum Gasteiger partial charge on any atom is -0.311 e. The van der Waals surface area contributed by atoms with Crippen molar-refractivity contribution in [2.24, 2.45) is 0 Å². The van der Waals surface area contributed by atoms with Crippen LogP contribution in [0.15, 0.2) is 42.6 Å². The van der Waals surface area contributed by atoms with Crippen molar-refractivity contribution in [3.63, 3.8) is 0 Å². The predicted octanol–water partition coefficient (Wildman–Crippen LogP) is 2.86. The van der Waals surface area contributed by atoms with Crippen LogP contribution in [0.3, 0.4) is 0 Å². The van der Waals surface area contributed by atoms with Crippen LogP contribution in [-0.2, 0) is 13.0 Å². The molecule has 2 rings (SSSR count). The zero-order valence-corrected chi connectivity index (χ0v) is 10.5. The van der Waals surface area contributed by atoms with E-state index in [0.29, 0.717) is 0 Å². The van der Waals surface area contributed by atoms with Crippen molar-refractivity contribution in [1.82, 2.24) is 10.3 Å². The lowest BCUT2D eigenvalue weighted by molar-refractivity contribution is 0.625. The molecule has 18 heavy (non-hydrogen) atoms. The van der Waals surface area contributed by atoms with E-state index in [4.69, 9.17) is 0 Å². The van der Waals surface area contributed by atoms with Gasteiger partial charge in [0.25, 0.3) is 0 Å². The molecule has 2 aromatic rings. The number of aryl methyl sites for hydroxylation is 1. The molecule has 0 aliphatic carbocycles. The maximum absolute atomic E-state index is 12.7. The number of hydrogen-bond acceptors (Lipinski definition) is 2. The van der Waals surface area contributed by atoms with E-state index in [1.807, 2.05) is 24.4 Å². The summed E-state index contributed by atoms with van der Waals surface area (Å²) in [4.78, 5) is 4.32. The molecule has 0 amide bonds. The molecule has 0 saturated heterocycles. The topological polar surface area (TPSA) is 24.9 Å². The first-order valence-electron chi connectivity index (χ1n) is 6.11. The first-order valence-corrected chi connectivity index (χ1v) is 6.11. The lowest BCUT2D eigenvalue weighted by Crippen LogP contribution is -2.18. The summed E-state index contributed by atoms with van der Waals surface area (Å²) in [5.41, 5.74) is 3.42. The van der Waals surface area contributed by atoms with Crippen molar-refractivity contribution in [1.29, 1.82) is 0 Å². The molecule has 0 spiro atoms. The van der Waals surface area contributed by atoms with Gasteiger partial charge >= 0.3 is 0 Å². The van der Waals surface area contributed by atoms with Gasteiger partial charge in [0.1, 0.15) is 5.82 Å². The second-order valence-corrected chi connectivity index (χ2v) is 4.32. The summed E-state index contributed by atoms with van der Waals surface area (Å²) in [7, 11) is 0. The van der Waals surface area contributed by atoms with Crippen LogP contribution < -0.4 is 5.32 Å². The van der Waals surface area contributed by atoms with Crippen LogP contribution in [0.2, 0.25) is 0 Å².